The highest BCUT2D eigenvalue weighted by atomic mass is 19.1. The lowest BCUT2D eigenvalue weighted by Crippen LogP contribution is -2.55. The van der Waals surface area contributed by atoms with Crippen molar-refractivity contribution >= 4 is 6.09 Å². The van der Waals surface area contributed by atoms with Crippen LogP contribution in [0, 0.1) is 5.92 Å². The van der Waals surface area contributed by atoms with Gasteiger partial charge in [-0.3, -0.25) is 0 Å². The van der Waals surface area contributed by atoms with Crippen LogP contribution in [-0.4, -0.2) is 42.4 Å². The van der Waals surface area contributed by atoms with Crippen molar-refractivity contribution in [2.45, 2.75) is 32.5 Å². The van der Waals surface area contributed by atoms with Crippen molar-refractivity contribution < 1.29 is 13.9 Å². The Morgan fingerprint density at radius 3 is 2.71 bits per heavy atom. The van der Waals surface area contributed by atoms with E-state index in [4.69, 9.17) is 10.3 Å². The number of halogens is 1. The van der Waals surface area contributed by atoms with Gasteiger partial charge in [-0.2, -0.15) is 0 Å². The first kappa shape index (κ1) is 13.6. The van der Waals surface area contributed by atoms with Gasteiger partial charge >= 0.3 is 6.09 Å². The number of alkyl halides is 1. The van der Waals surface area contributed by atoms with E-state index in [1.54, 1.807) is 20.8 Å². The van der Waals surface area contributed by atoms with Crippen LogP contribution in [0.5, 0.6) is 0 Å². The van der Waals surface area contributed by atoms with Crippen LogP contribution in [0.2, 0.25) is 0 Å². The van der Waals surface area contributed by atoms with Crippen LogP contribution in [0.1, 0.15) is 20.8 Å². The molecule has 1 unspecified atom stereocenters. The Bertz CT molecular complexity index is 330. The van der Waals surface area contributed by atoms with Crippen molar-refractivity contribution in [1.82, 2.24) is 4.90 Å². The second kappa shape index (κ2) is 5.23. The van der Waals surface area contributed by atoms with Crippen LogP contribution in [0.4, 0.5) is 9.18 Å². The smallest absolute Gasteiger partial charge is 0.410 e. The maximum Gasteiger partial charge on any atom is 0.410 e. The second-order valence-electron chi connectivity index (χ2n) is 5.07. The van der Waals surface area contributed by atoms with Crippen LogP contribution >= 0.6 is 0 Å². The van der Waals surface area contributed by atoms with E-state index in [2.05, 4.69) is 10.0 Å². The molecule has 1 atom stereocenters. The van der Waals surface area contributed by atoms with Gasteiger partial charge in [0.2, 0.25) is 0 Å². The molecule has 0 saturated carbocycles. The third-order valence-corrected chi connectivity index (χ3v) is 2.39. The zero-order valence-electron chi connectivity index (χ0n) is 10.3. The number of carbonyl (C=O) groups is 1. The maximum atomic E-state index is 13.4. The fourth-order valence-electron chi connectivity index (χ4n) is 1.48. The van der Waals surface area contributed by atoms with E-state index in [0.717, 1.165) is 0 Å². The molecule has 6 nitrogen and oxygen atoms in total. The predicted octanol–water partition coefficient (Wildman–Crippen LogP) is 2.50. The van der Waals surface area contributed by atoms with Crippen molar-refractivity contribution in [3.63, 3.8) is 0 Å². The monoisotopic (exact) mass is 244 g/mol. The summed E-state index contributed by atoms with van der Waals surface area (Å²) in [6, 6.07) is 0. The minimum atomic E-state index is -1.19. The number of nitrogens with zero attached hydrogens (tertiary/aromatic N) is 4. The van der Waals surface area contributed by atoms with Gasteiger partial charge in [0, 0.05) is 23.9 Å². The Balaban J connectivity index is 2.31. The van der Waals surface area contributed by atoms with E-state index in [0.29, 0.717) is 13.1 Å². The second-order valence-corrected chi connectivity index (χ2v) is 5.07. The van der Waals surface area contributed by atoms with Gasteiger partial charge in [0.15, 0.2) is 0 Å². The normalized spacial score (nSPS) is 18.0. The quantitative estimate of drug-likeness (QED) is 0.434. The first-order valence-electron chi connectivity index (χ1n) is 5.46. The molecular formula is C10H17FN4O2. The summed E-state index contributed by atoms with van der Waals surface area (Å²) in [5.41, 5.74) is 7.52. The van der Waals surface area contributed by atoms with Crippen molar-refractivity contribution in [3.05, 3.63) is 10.4 Å². The summed E-state index contributed by atoms with van der Waals surface area (Å²) in [5.74, 6) is -0.256. The van der Waals surface area contributed by atoms with Crippen molar-refractivity contribution in [2.24, 2.45) is 11.0 Å². The molecule has 1 amide bonds. The number of hydrogen-bond acceptors (Lipinski definition) is 3. The molecule has 0 N–H and O–H groups in total. The molecule has 0 radical (unpaired) electrons. The van der Waals surface area contributed by atoms with Crippen molar-refractivity contribution in [2.75, 3.05) is 19.6 Å². The van der Waals surface area contributed by atoms with Gasteiger partial charge in [-0.15, -0.1) is 0 Å². The lowest BCUT2D eigenvalue weighted by atomic mass is 9.95. The third kappa shape index (κ3) is 4.11. The topological polar surface area (TPSA) is 78.3 Å². The zero-order chi connectivity index (χ0) is 13.1. The van der Waals surface area contributed by atoms with Crippen molar-refractivity contribution in [1.29, 1.82) is 0 Å². The number of rotatable bonds is 3. The first-order valence-corrected chi connectivity index (χ1v) is 5.46. The lowest BCUT2D eigenvalue weighted by Gasteiger charge is -2.40. The number of azide groups is 1. The van der Waals surface area contributed by atoms with Crippen LogP contribution in [-0.2, 0) is 4.74 Å². The first-order chi connectivity index (χ1) is 7.83. The average molecular weight is 244 g/mol. The van der Waals surface area contributed by atoms with E-state index >= 15 is 0 Å². The Labute approximate surface area is 99.4 Å². The maximum absolute atomic E-state index is 13.4. The molecule has 0 bridgehead atoms. The summed E-state index contributed by atoms with van der Waals surface area (Å²) in [7, 11) is 0. The summed E-state index contributed by atoms with van der Waals surface area (Å²) < 4.78 is 18.5. The van der Waals surface area contributed by atoms with Crippen LogP contribution in [0.25, 0.3) is 10.4 Å². The summed E-state index contributed by atoms with van der Waals surface area (Å²) in [5, 5.41) is 3.17. The van der Waals surface area contributed by atoms with E-state index in [-0.39, 0.29) is 12.5 Å². The number of amides is 1. The number of ether oxygens (including phenoxy) is 1. The Morgan fingerprint density at radius 2 is 2.24 bits per heavy atom. The fourth-order valence-corrected chi connectivity index (χ4v) is 1.48. The highest BCUT2D eigenvalue weighted by molar-refractivity contribution is 5.69. The SMILES string of the molecule is CC(C)(C)OC(=O)N1CC(C(F)CN=[N+]=[N-])C1. The molecule has 1 aliphatic heterocycles. The molecule has 0 aromatic carbocycles. The number of hydrogen-bond donors (Lipinski definition) is 0. The number of likely N-dealkylation sites (tertiary alicyclic amines) is 1. The van der Waals surface area contributed by atoms with E-state index in [1.807, 2.05) is 0 Å². The molecule has 1 fully saturated rings. The van der Waals surface area contributed by atoms with Crippen LogP contribution in [0.3, 0.4) is 0 Å². The largest absolute Gasteiger partial charge is 0.444 e. The molecule has 1 rings (SSSR count). The van der Waals surface area contributed by atoms with E-state index in [1.165, 1.54) is 4.90 Å². The summed E-state index contributed by atoms with van der Waals surface area (Å²) >= 11 is 0. The van der Waals surface area contributed by atoms with Crippen LogP contribution in [0.15, 0.2) is 5.11 Å². The minimum absolute atomic E-state index is 0.177. The Morgan fingerprint density at radius 1 is 1.65 bits per heavy atom. The van der Waals surface area contributed by atoms with E-state index < -0.39 is 17.9 Å². The highest BCUT2D eigenvalue weighted by Gasteiger charge is 2.38. The van der Waals surface area contributed by atoms with Crippen molar-refractivity contribution in [3.8, 4) is 0 Å². The number of carbonyl (C=O) groups excluding carboxylic acids is 1. The molecular weight excluding hydrogens is 227 g/mol. The minimum Gasteiger partial charge on any atom is -0.444 e. The molecule has 0 aromatic heterocycles. The molecule has 1 aliphatic rings. The Kier molecular flexibility index (Phi) is 4.17. The fraction of sp³-hybridized carbons (Fsp3) is 0.900. The summed E-state index contributed by atoms with van der Waals surface area (Å²) in [6.45, 7) is 5.79. The summed E-state index contributed by atoms with van der Waals surface area (Å²) in [4.78, 5) is 15.5. The van der Waals surface area contributed by atoms with Gasteiger partial charge in [-0.25, -0.2) is 9.18 Å². The van der Waals surface area contributed by atoms with Gasteiger partial charge < -0.3 is 9.64 Å². The molecule has 17 heavy (non-hydrogen) atoms. The lowest BCUT2D eigenvalue weighted by molar-refractivity contribution is -0.0139. The Hall–Kier alpha value is -1.49. The molecule has 1 heterocycles. The third-order valence-electron chi connectivity index (χ3n) is 2.39. The average Bonchev–Trinajstić information content (AvgIpc) is 2.09. The van der Waals surface area contributed by atoms with Gasteiger partial charge in [-0.05, 0) is 26.3 Å². The van der Waals surface area contributed by atoms with Gasteiger partial charge in [0.05, 0.1) is 6.54 Å². The molecule has 1 saturated heterocycles. The van der Waals surface area contributed by atoms with E-state index in [9.17, 15) is 9.18 Å². The van der Waals surface area contributed by atoms with Crippen LogP contribution < -0.4 is 0 Å². The molecule has 0 aromatic rings. The summed E-state index contributed by atoms with van der Waals surface area (Å²) in [6.07, 6.45) is -1.62. The molecule has 7 heteroatoms. The zero-order valence-corrected chi connectivity index (χ0v) is 10.3. The molecule has 0 aliphatic carbocycles. The van der Waals surface area contributed by atoms with Gasteiger partial charge in [0.1, 0.15) is 11.8 Å². The van der Waals surface area contributed by atoms with Gasteiger partial charge in [0.25, 0.3) is 0 Å². The molecule has 96 valence electrons. The predicted molar refractivity (Wildman–Crippen MR) is 60.2 cm³/mol. The van der Waals surface area contributed by atoms with Gasteiger partial charge in [-0.1, -0.05) is 5.11 Å². The standard InChI is InChI=1S/C10H17FN4O2/c1-10(2,3)17-9(16)15-5-7(6-15)8(11)4-13-14-12/h7-8H,4-6H2,1-3H3. The highest BCUT2D eigenvalue weighted by Crippen LogP contribution is 2.24. The molecule has 0 spiro atoms.